The van der Waals surface area contributed by atoms with Crippen LogP contribution in [0.3, 0.4) is 0 Å². The molecular formula is C8H16O2Ti. The molecule has 1 aliphatic rings. The zero-order valence-corrected chi connectivity index (χ0v) is 8.90. The molecule has 0 saturated carbocycles. The van der Waals surface area contributed by atoms with Gasteiger partial charge in [0.2, 0.25) is 0 Å². The predicted molar refractivity (Wildman–Crippen MR) is 44.3 cm³/mol. The Morgan fingerprint density at radius 3 is 1.73 bits per heavy atom. The van der Waals surface area contributed by atoms with Crippen LogP contribution in [0.25, 0.3) is 0 Å². The third-order valence-corrected chi connectivity index (χ3v) is 0.586. The number of rotatable bonds is 0. The normalized spacial score (nSPS) is 9.09. The smallest absolute Gasteiger partial charge is 0.400 e. The molecule has 1 aliphatic carbocycles. The van der Waals surface area contributed by atoms with Crippen LogP contribution in [-0.4, -0.2) is 24.4 Å². The van der Waals surface area contributed by atoms with Crippen LogP contribution in [0, 0.1) is 13.5 Å². The van der Waals surface area contributed by atoms with Gasteiger partial charge in [-0.2, -0.15) is 6.08 Å². The van der Waals surface area contributed by atoms with Gasteiger partial charge in [-0.3, -0.25) is 6.08 Å². The van der Waals surface area contributed by atoms with E-state index in [1.165, 1.54) is 0 Å². The summed E-state index contributed by atoms with van der Waals surface area (Å²) in [5, 5.41) is 14.0. The number of allylic oxidation sites excluding steroid dienone is 4. The number of aliphatic hydroxyl groups is 2. The second-order valence-corrected chi connectivity index (χ2v) is 1.00. The summed E-state index contributed by atoms with van der Waals surface area (Å²) in [4.78, 5) is 0. The van der Waals surface area contributed by atoms with E-state index in [0.29, 0.717) is 0 Å². The molecule has 64 valence electrons. The number of aliphatic hydroxyl groups excluding tert-OH is 2. The maximum Gasteiger partial charge on any atom is 2.00 e. The second-order valence-electron chi connectivity index (χ2n) is 1.00. The minimum Gasteiger partial charge on any atom is -0.400 e. The fraction of sp³-hybridized carbons (Fsp3) is 0.375. The molecule has 0 aromatic heterocycles. The zero-order valence-electron chi connectivity index (χ0n) is 7.33. The molecule has 0 bridgehead atoms. The van der Waals surface area contributed by atoms with Crippen molar-refractivity contribution in [3.8, 4) is 0 Å². The molecule has 0 atom stereocenters. The van der Waals surface area contributed by atoms with Gasteiger partial charge in [0, 0.05) is 14.2 Å². The van der Waals surface area contributed by atoms with Gasteiger partial charge in [-0.05, 0) is 0 Å². The largest absolute Gasteiger partial charge is 2.00 e. The van der Waals surface area contributed by atoms with E-state index >= 15 is 0 Å². The molecule has 0 amide bonds. The molecule has 0 spiro atoms. The Labute approximate surface area is 84.5 Å². The molecule has 0 aromatic rings. The Morgan fingerprint density at radius 1 is 1.18 bits per heavy atom. The molecule has 3 heteroatoms. The molecular weight excluding hydrogens is 176 g/mol. The SMILES string of the molecule is CO.CO.[C-]1=CC=CC1.[CH3-].[Ti+2]. The molecule has 0 aromatic carbocycles. The summed E-state index contributed by atoms with van der Waals surface area (Å²) in [5.74, 6) is 0. The molecule has 1 rings (SSSR count). The van der Waals surface area contributed by atoms with Crippen molar-refractivity contribution in [1.82, 2.24) is 0 Å². The Morgan fingerprint density at radius 2 is 1.64 bits per heavy atom. The maximum absolute atomic E-state index is 7.00. The van der Waals surface area contributed by atoms with Crippen LogP contribution in [0.1, 0.15) is 6.42 Å². The van der Waals surface area contributed by atoms with E-state index < -0.39 is 0 Å². The van der Waals surface area contributed by atoms with Gasteiger partial charge in [0.05, 0.1) is 0 Å². The van der Waals surface area contributed by atoms with Crippen LogP contribution in [0.15, 0.2) is 18.2 Å². The molecule has 0 aliphatic heterocycles. The first kappa shape index (κ1) is 22.5. The minimum atomic E-state index is 0. The van der Waals surface area contributed by atoms with Crippen molar-refractivity contribution in [2.24, 2.45) is 0 Å². The quantitative estimate of drug-likeness (QED) is 0.443. The van der Waals surface area contributed by atoms with Gasteiger partial charge in [-0.1, -0.05) is 0 Å². The first-order valence-corrected chi connectivity index (χ1v) is 2.61. The van der Waals surface area contributed by atoms with Gasteiger partial charge in [0.1, 0.15) is 0 Å². The summed E-state index contributed by atoms with van der Waals surface area (Å²) in [6.45, 7) is 0. The van der Waals surface area contributed by atoms with Crippen molar-refractivity contribution in [1.29, 1.82) is 0 Å². The van der Waals surface area contributed by atoms with Crippen molar-refractivity contribution in [3.05, 3.63) is 31.7 Å². The molecule has 11 heavy (non-hydrogen) atoms. The van der Waals surface area contributed by atoms with Gasteiger partial charge in [-0.25, -0.2) is 12.2 Å². The van der Waals surface area contributed by atoms with Crippen molar-refractivity contribution in [2.45, 2.75) is 6.42 Å². The third kappa shape index (κ3) is 25.5. The Bertz CT molecular complexity index is 70.2. The molecule has 0 radical (unpaired) electrons. The second kappa shape index (κ2) is 32.1. The van der Waals surface area contributed by atoms with Crippen LogP contribution >= 0.6 is 0 Å². The van der Waals surface area contributed by atoms with Crippen LogP contribution < -0.4 is 0 Å². The predicted octanol–water partition coefficient (Wildman–Crippen LogP) is 0.970. The van der Waals surface area contributed by atoms with Crippen LogP contribution in [0.5, 0.6) is 0 Å². The Hall–Kier alpha value is 0.114. The number of hydrogen-bond donors (Lipinski definition) is 2. The average molecular weight is 192 g/mol. The average Bonchev–Trinajstić information content (AvgIpc) is 2.51. The van der Waals surface area contributed by atoms with Crippen LogP contribution in [-0.2, 0) is 21.7 Å². The van der Waals surface area contributed by atoms with E-state index in [1.807, 2.05) is 12.2 Å². The third-order valence-electron chi connectivity index (χ3n) is 0.586. The molecule has 0 saturated heterocycles. The van der Waals surface area contributed by atoms with Crippen LogP contribution in [0.4, 0.5) is 0 Å². The van der Waals surface area contributed by atoms with E-state index in [-0.39, 0.29) is 29.1 Å². The topological polar surface area (TPSA) is 40.5 Å². The van der Waals surface area contributed by atoms with Gasteiger partial charge < -0.3 is 17.6 Å². The van der Waals surface area contributed by atoms with Crippen LogP contribution in [0.2, 0.25) is 0 Å². The maximum atomic E-state index is 7.00. The molecule has 0 fully saturated rings. The monoisotopic (exact) mass is 192 g/mol. The summed E-state index contributed by atoms with van der Waals surface area (Å²) in [6.07, 6.45) is 10.0. The molecule has 0 heterocycles. The summed E-state index contributed by atoms with van der Waals surface area (Å²) in [5.41, 5.74) is 0. The summed E-state index contributed by atoms with van der Waals surface area (Å²) >= 11 is 0. The van der Waals surface area contributed by atoms with E-state index in [2.05, 4.69) is 12.2 Å². The van der Waals surface area contributed by atoms with Crippen molar-refractivity contribution in [3.63, 3.8) is 0 Å². The molecule has 0 unspecified atom stereocenters. The first-order chi connectivity index (χ1) is 4.50. The summed E-state index contributed by atoms with van der Waals surface area (Å²) < 4.78 is 0. The Kier molecular flexibility index (Phi) is 65.6. The standard InChI is InChI=1S/C5H5.2CH4O.CH3.Ti/c1-2-4-5-3-1;2*1-2;;/h1-3H,4H2;2*2H,1H3;1H3;/q-1;;;-1;+2. The van der Waals surface area contributed by atoms with Crippen molar-refractivity contribution in [2.75, 3.05) is 14.2 Å². The summed E-state index contributed by atoms with van der Waals surface area (Å²) in [6, 6.07) is 0. The fourth-order valence-electron chi connectivity index (χ4n) is 0.340. The fourth-order valence-corrected chi connectivity index (χ4v) is 0.340. The van der Waals surface area contributed by atoms with Crippen molar-refractivity contribution >= 4 is 0 Å². The Balaban J connectivity index is -0.0000000369. The van der Waals surface area contributed by atoms with Gasteiger partial charge >= 0.3 is 21.7 Å². The number of hydrogen-bond acceptors (Lipinski definition) is 2. The van der Waals surface area contributed by atoms with E-state index in [1.54, 1.807) is 0 Å². The van der Waals surface area contributed by atoms with E-state index in [4.69, 9.17) is 10.2 Å². The molecule has 2 nitrogen and oxygen atoms in total. The molecule has 2 N–H and O–H groups in total. The first-order valence-electron chi connectivity index (χ1n) is 2.61. The zero-order chi connectivity index (χ0) is 7.54. The van der Waals surface area contributed by atoms with Crippen molar-refractivity contribution < 1.29 is 31.9 Å². The van der Waals surface area contributed by atoms with Gasteiger partial charge in [-0.15, -0.1) is 6.42 Å². The van der Waals surface area contributed by atoms with E-state index in [9.17, 15) is 0 Å². The minimum absolute atomic E-state index is 0. The van der Waals surface area contributed by atoms with E-state index in [0.717, 1.165) is 20.6 Å². The van der Waals surface area contributed by atoms with Gasteiger partial charge in [0.15, 0.2) is 0 Å². The van der Waals surface area contributed by atoms with Gasteiger partial charge in [0.25, 0.3) is 0 Å². The summed E-state index contributed by atoms with van der Waals surface area (Å²) in [7, 11) is 2.00.